The molecule has 2 aromatic carbocycles. The van der Waals surface area contributed by atoms with Crippen LogP contribution >= 0.6 is 0 Å². The average molecular weight is 571 g/mol. The van der Waals surface area contributed by atoms with Gasteiger partial charge in [0.15, 0.2) is 23.0 Å². The van der Waals surface area contributed by atoms with Crippen LogP contribution in [0.15, 0.2) is 36.4 Å². The third-order valence-electron chi connectivity index (χ3n) is 5.69. The molecule has 0 aliphatic heterocycles. The van der Waals surface area contributed by atoms with E-state index in [2.05, 4.69) is 10.6 Å². The number of benzene rings is 2. The number of hydrogen-bond acceptors (Lipinski definition) is 8. The molecule has 0 spiro atoms. The van der Waals surface area contributed by atoms with E-state index in [9.17, 15) is 27.6 Å². The molecule has 3 amide bonds. The molecular formula is C26H33F3N4O7. The molecule has 0 saturated heterocycles. The first kappa shape index (κ1) is 32.0. The molecule has 0 heterocycles. The second-order valence-electron chi connectivity index (χ2n) is 8.19. The fourth-order valence-corrected chi connectivity index (χ4v) is 3.74. The Morgan fingerprint density at radius 1 is 0.675 bits per heavy atom. The molecule has 11 nitrogen and oxygen atoms in total. The first-order valence-corrected chi connectivity index (χ1v) is 12.1. The minimum Gasteiger partial charge on any atom is -0.493 e. The van der Waals surface area contributed by atoms with Crippen LogP contribution in [0.5, 0.6) is 23.0 Å². The van der Waals surface area contributed by atoms with E-state index in [1.807, 2.05) is 5.32 Å². The van der Waals surface area contributed by atoms with E-state index in [-0.39, 0.29) is 61.9 Å². The van der Waals surface area contributed by atoms with Crippen molar-refractivity contribution in [3.8, 4) is 23.0 Å². The van der Waals surface area contributed by atoms with Crippen LogP contribution in [-0.4, -0.2) is 96.5 Å². The number of methoxy groups -OCH3 is 4. The third-order valence-corrected chi connectivity index (χ3v) is 5.69. The Hall–Kier alpha value is -4.20. The number of hydrogen-bond donors (Lipinski definition) is 3. The Morgan fingerprint density at radius 3 is 1.43 bits per heavy atom. The third kappa shape index (κ3) is 8.93. The lowest BCUT2D eigenvalue weighted by molar-refractivity contribution is -0.173. The van der Waals surface area contributed by atoms with Crippen molar-refractivity contribution in [2.75, 3.05) is 67.7 Å². The SMILES string of the molecule is COc1cccc(C(=O)NCCN(CCNC(=O)c2cccc(OC)c2OC)CCNC(=O)C(F)(F)F)c1OC. The van der Waals surface area contributed by atoms with E-state index in [4.69, 9.17) is 18.9 Å². The molecule has 0 aliphatic carbocycles. The Balaban J connectivity index is 2.01. The number of ether oxygens (including phenoxy) is 4. The lowest BCUT2D eigenvalue weighted by Crippen LogP contribution is -2.45. The molecule has 0 bridgehead atoms. The molecule has 220 valence electrons. The summed E-state index contributed by atoms with van der Waals surface area (Å²) in [6, 6.07) is 9.66. The molecule has 2 rings (SSSR count). The van der Waals surface area contributed by atoms with Crippen molar-refractivity contribution in [3.05, 3.63) is 47.5 Å². The lowest BCUT2D eigenvalue weighted by Gasteiger charge is -2.23. The fourth-order valence-electron chi connectivity index (χ4n) is 3.74. The quantitative estimate of drug-likeness (QED) is 0.296. The predicted octanol–water partition coefficient (Wildman–Crippen LogP) is 1.86. The van der Waals surface area contributed by atoms with Crippen molar-refractivity contribution in [2.24, 2.45) is 0 Å². The monoisotopic (exact) mass is 570 g/mol. The number of rotatable bonds is 15. The first-order chi connectivity index (χ1) is 19.1. The molecule has 0 saturated carbocycles. The predicted molar refractivity (Wildman–Crippen MR) is 139 cm³/mol. The van der Waals surface area contributed by atoms with Gasteiger partial charge in [-0.05, 0) is 24.3 Å². The van der Waals surface area contributed by atoms with Gasteiger partial charge < -0.3 is 34.9 Å². The number of alkyl halides is 3. The molecule has 0 aromatic heterocycles. The Bertz CT molecular complexity index is 1090. The van der Waals surface area contributed by atoms with E-state index in [0.29, 0.717) is 11.5 Å². The largest absolute Gasteiger partial charge is 0.493 e. The minimum atomic E-state index is -5.00. The number of carbonyl (C=O) groups excluding carboxylic acids is 3. The van der Waals surface area contributed by atoms with Gasteiger partial charge in [-0.2, -0.15) is 13.2 Å². The van der Waals surface area contributed by atoms with Crippen LogP contribution in [0.1, 0.15) is 20.7 Å². The van der Waals surface area contributed by atoms with Gasteiger partial charge in [0.2, 0.25) is 0 Å². The summed E-state index contributed by atoms with van der Waals surface area (Å²) in [6.45, 7) is 0.372. The van der Waals surface area contributed by atoms with Crippen LogP contribution < -0.4 is 34.9 Å². The fraction of sp³-hybridized carbons (Fsp3) is 0.423. The molecule has 0 atom stereocenters. The molecule has 0 unspecified atom stereocenters. The zero-order chi connectivity index (χ0) is 29.7. The van der Waals surface area contributed by atoms with Gasteiger partial charge >= 0.3 is 12.1 Å². The summed E-state index contributed by atoms with van der Waals surface area (Å²) in [5.74, 6) is -1.68. The smallest absolute Gasteiger partial charge is 0.471 e. The summed E-state index contributed by atoms with van der Waals surface area (Å²) in [5.41, 5.74) is 0.482. The van der Waals surface area contributed by atoms with Crippen LogP contribution in [0.25, 0.3) is 0 Å². The summed E-state index contributed by atoms with van der Waals surface area (Å²) in [6.07, 6.45) is -5.00. The number of nitrogens with zero attached hydrogens (tertiary/aromatic N) is 1. The van der Waals surface area contributed by atoms with Crippen molar-refractivity contribution in [3.63, 3.8) is 0 Å². The van der Waals surface area contributed by atoms with Crippen molar-refractivity contribution in [2.45, 2.75) is 6.18 Å². The highest BCUT2D eigenvalue weighted by molar-refractivity contribution is 5.98. The zero-order valence-electron chi connectivity index (χ0n) is 22.6. The van der Waals surface area contributed by atoms with E-state index in [1.165, 1.54) is 28.4 Å². The van der Waals surface area contributed by atoms with Gasteiger partial charge in [0.05, 0.1) is 39.6 Å². The van der Waals surface area contributed by atoms with Crippen molar-refractivity contribution < 1.29 is 46.5 Å². The van der Waals surface area contributed by atoms with Gasteiger partial charge in [-0.25, -0.2) is 0 Å². The van der Waals surface area contributed by atoms with Gasteiger partial charge in [-0.1, -0.05) is 12.1 Å². The van der Waals surface area contributed by atoms with E-state index < -0.39 is 23.9 Å². The van der Waals surface area contributed by atoms with Crippen LogP contribution in [-0.2, 0) is 4.79 Å². The Kier molecular flexibility index (Phi) is 12.3. The summed E-state index contributed by atoms with van der Waals surface area (Å²) in [4.78, 5) is 38.3. The van der Waals surface area contributed by atoms with Gasteiger partial charge in [-0.15, -0.1) is 0 Å². The van der Waals surface area contributed by atoms with Crippen LogP contribution in [0.3, 0.4) is 0 Å². The Labute approximate surface area is 229 Å². The highest BCUT2D eigenvalue weighted by atomic mass is 19.4. The van der Waals surface area contributed by atoms with Gasteiger partial charge in [-0.3, -0.25) is 19.3 Å². The van der Waals surface area contributed by atoms with Crippen molar-refractivity contribution in [1.82, 2.24) is 20.9 Å². The zero-order valence-corrected chi connectivity index (χ0v) is 22.6. The second-order valence-corrected chi connectivity index (χ2v) is 8.19. The number of nitrogens with one attached hydrogen (secondary N) is 3. The molecule has 40 heavy (non-hydrogen) atoms. The minimum absolute atomic E-state index is 0.0263. The highest BCUT2D eigenvalue weighted by Crippen LogP contribution is 2.31. The number of para-hydroxylation sites is 2. The van der Waals surface area contributed by atoms with Gasteiger partial charge in [0.1, 0.15) is 0 Å². The first-order valence-electron chi connectivity index (χ1n) is 12.1. The van der Waals surface area contributed by atoms with Gasteiger partial charge in [0, 0.05) is 39.3 Å². The summed E-state index contributed by atoms with van der Waals surface area (Å²) in [5, 5.41) is 7.28. The normalized spacial score (nSPS) is 11.0. The van der Waals surface area contributed by atoms with Gasteiger partial charge in [0.25, 0.3) is 11.8 Å². The molecule has 0 radical (unpaired) electrons. The standard InChI is InChI=1S/C26H33F3N4O7/c1-37-19-9-5-7-17(21(19)39-3)23(34)30-11-14-33(16-13-32-25(36)26(27,28)29)15-12-31-24(35)18-8-6-10-20(38-2)22(18)40-4/h5-10H,11-16H2,1-4H3,(H,30,34)(H,31,35)(H,32,36). The lowest BCUT2D eigenvalue weighted by atomic mass is 10.1. The van der Waals surface area contributed by atoms with E-state index >= 15 is 0 Å². The molecule has 14 heteroatoms. The van der Waals surface area contributed by atoms with Crippen LogP contribution in [0, 0.1) is 0 Å². The van der Waals surface area contributed by atoms with Crippen LogP contribution in [0.2, 0.25) is 0 Å². The maximum Gasteiger partial charge on any atom is 0.471 e. The maximum absolute atomic E-state index is 12.7. The second kappa shape index (κ2) is 15.4. The Morgan fingerprint density at radius 2 is 1.07 bits per heavy atom. The molecule has 3 N–H and O–H groups in total. The molecule has 0 aliphatic rings. The maximum atomic E-state index is 12.7. The summed E-state index contributed by atoms with van der Waals surface area (Å²) < 4.78 is 58.6. The molecule has 0 fully saturated rings. The average Bonchev–Trinajstić information content (AvgIpc) is 2.94. The van der Waals surface area contributed by atoms with Crippen molar-refractivity contribution >= 4 is 17.7 Å². The summed E-state index contributed by atoms with van der Waals surface area (Å²) >= 11 is 0. The van der Waals surface area contributed by atoms with Crippen molar-refractivity contribution in [1.29, 1.82) is 0 Å². The number of amides is 3. The molecule has 2 aromatic rings. The summed E-state index contributed by atoms with van der Waals surface area (Å²) in [7, 11) is 5.69. The van der Waals surface area contributed by atoms with E-state index in [0.717, 1.165) is 0 Å². The van der Waals surface area contributed by atoms with Crippen LogP contribution in [0.4, 0.5) is 13.2 Å². The molecular weight excluding hydrogens is 537 g/mol. The highest BCUT2D eigenvalue weighted by Gasteiger charge is 2.38. The topological polar surface area (TPSA) is 127 Å². The number of carbonyl (C=O) groups is 3. The van der Waals surface area contributed by atoms with E-state index in [1.54, 1.807) is 41.3 Å². The number of halogens is 3.